The molecule has 1 aliphatic rings. The highest BCUT2D eigenvalue weighted by atomic mass is 35.5. The number of aromatic nitrogens is 2. The first-order chi connectivity index (χ1) is 9.08. The molecule has 0 amide bonds. The van der Waals surface area contributed by atoms with Gasteiger partial charge in [0.05, 0.1) is 16.1 Å². The lowest BCUT2D eigenvalue weighted by atomic mass is 9.99. The average Bonchev–Trinajstić information content (AvgIpc) is 3.02. The topological polar surface area (TPSA) is 64.9 Å². The molecular weight excluding hydrogens is 285 g/mol. The van der Waals surface area contributed by atoms with Crippen molar-refractivity contribution < 1.29 is 4.52 Å². The minimum absolute atomic E-state index is 0.360. The first-order valence-electron chi connectivity index (χ1n) is 6.17. The third-order valence-corrected chi connectivity index (χ3v) is 4.09. The molecule has 6 heteroatoms. The second-order valence-corrected chi connectivity index (χ2v) is 5.75. The van der Waals surface area contributed by atoms with Crippen LogP contribution in [0.4, 0.5) is 0 Å². The number of hydrogen-bond acceptors (Lipinski definition) is 4. The minimum atomic E-state index is -0.465. The van der Waals surface area contributed by atoms with Crippen molar-refractivity contribution in [3.8, 4) is 11.5 Å². The van der Waals surface area contributed by atoms with E-state index in [-0.39, 0.29) is 0 Å². The number of benzene rings is 1. The van der Waals surface area contributed by atoms with Crippen LogP contribution in [0.2, 0.25) is 10.0 Å². The van der Waals surface area contributed by atoms with E-state index in [4.69, 9.17) is 33.5 Å². The fraction of sp³-hybridized carbons (Fsp3) is 0.385. The van der Waals surface area contributed by atoms with Crippen LogP contribution in [0.5, 0.6) is 0 Å². The summed E-state index contributed by atoms with van der Waals surface area (Å²) >= 11 is 12.1. The molecule has 1 saturated carbocycles. The SMILES string of the molecule is NC1(c2noc(-c3cc(Cl)ccc3Cl)n2)CCCC1. The Kier molecular flexibility index (Phi) is 3.25. The number of rotatable bonds is 2. The van der Waals surface area contributed by atoms with Gasteiger partial charge < -0.3 is 10.3 Å². The molecule has 1 fully saturated rings. The Morgan fingerprint density at radius 1 is 1.21 bits per heavy atom. The Bertz CT molecular complexity index is 606. The van der Waals surface area contributed by atoms with Crippen molar-refractivity contribution in [3.63, 3.8) is 0 Å². The van der Waals surface area contributed by atoms with Crippen molar-refractivity contribution in [2.24, 2.45) is 5.73 Å². The molecule has 100 valence electrons. The summed E-state index contributed by atoms with van der Waals surface area (Å²) in [6.07, 6.45) is 3.96. The maximum Gasteiger partial charge on any atom is 0.259 e. The molecule has 0 atom stereocenters. The van der Waals surface area contributed by atoms with Crippen molar-refractivity contribution in [2.45, 2.75) is 31.2 Å². The van der Waals surface area contributed by atoms with E-state index < -0.39 is 5.54 Å². The second-order valence-electron chi connectivity index (χ2n) is 4.91. The van der Waals surface area contributed by atoms with Crippen molar-refractivity contribution in [2.75, 3.05) is 0 Å². The normalized spacial score (nSPS) is 17.8. The minimum Gasteiger partial charge on any atom is -0.334 e. The van der Waals surface area contributed by atoms with Gasteiger partial charge in [0.25, 0.3) is 5.89 Å². The van der Waals surface area contributed by atoms with E-state index in [1.807, 2.05) is 0 Å². The number of hydrogen-bond donors (Lipinski definition) is 1. The maximum atomic E-state index is 6.30. The Morgan fingerprint density at radius 3 is 2.68 bits per heavy atom. The summed E-state index contributed by atoms with van der Waals surface area (Å²) in [4.78, 5) is 4.39. The van der Waals surface area contributed by atoms with Crippen LogP contribution < -0.4 is 5.73 Å². The predicted molar refractivity (Wildman–Crippen MR) is 74.1 cm³/mol. The highest BCUT2D eigenvalue weighted by molar-refractivity contribution is 6.35. The van der Waals surface area contributed by atoms with E-state index in [0.29, 0.717) is 27.3 Å². The lowest BCUT2D eigenvalue weighted by molar-refractivity contribution is 0.372. The molecule has 4 nitrogen and oxygen atoms in total. The lowest BCUT2D eigenvalue weighted by Crippen LogP contribution is -2.34. The maximum absolute atomic E-state index is 6.30. The number of nitrogens with zero attached hydrogens (tertiary/aromatic N) is 2. The quantitative estimate of drug-likeness (QED) is 0.916. The third kappa shape index (κ3) is 2.36. The number of halogens is 2. The van der Waals surface area contributed by atoms with Crippen molar-refractivity contribution in [3.05, 3.63) is 34.1 Å². The van der Waals surface area contributed by atoms with Crippen LogP contribution in [0.1, 0.15) is 31.5 Å². The summed E-state index contributed by atoms with van der Waals surface area (Å²) in [5.74, 6) is 0.912. The molecule has 2 N–H and O–H groups in total. The zero-order valence-corrected chi connectivity index (χ0v) is 11.7. The molecule has 19 heavy (non-hydrogen) atoms. The molecule has 0 bridgehead atoms. The highest BCUT2D eigenvalue weighted by Gasteiger charge is 2.36. The molecule has 0 saturated heterocycles. The smallest absolute Gasteiger partial charge is 0.259 e. The van der Waals surface area contributed by atoms with Crippen LogP contribution in [-0.2, 0) is 5.54 Å². The summed E-state index contributed by atoms with van der Waals surface area (Å²) in [6.45, 7) is 0. The fourth-order valence-electron chi connectivity index (χ4n) is 2.43. The molecule has 0 unspecified atom stereocenters. The molecule has 0 spiro atoms. The van der Waals surface area contributed by atoms with Gasteiger partial charge in [0.2, 0.25) is 0 Å². The Morgan fingerprint density at radius 2 is 1.95 bits per heavy atom. The van der Waals surface area contributed by atoms with Crippen LogP contribution in [0.15, 0.2) is 22.7 Å². The molecule has 1 aromatic carbocycles. The summed E-state index contributed by atoms with van der Waals surface area (Å²) in [5.41, 5.74) is 6.46. The standard InChI is InChI=1S/C13H13Cl2N3O/c14-8-3-4-10(15)9(7-8)11-17-12(18-19-11)13(16)5-1-2-6-13/h3-4,7H,1-2,5-6,16H2. The van der Waals surface area contributed by atoms with E-state index >= 15 is 0 Å². The Labute approximate surface area is 120 Å². The molecular formula is C13H13Cl2N3O. The molecule has 1 heterocycles. The van der Waals surface area contributed by atoms with Crippen molar-refractivity contribution in [1.29, 1.82) is 0 Å². The van der Waals surface area contributed by atoms with Gasteiger partial charge in [-0.05, 0) is 31.0 Å². The van der Waals surface area contributed by atoms with E-state index in [9.17, 15) is 0 Å². The molecule has 3 rings (SSSR count). The third-order valence-electron chi connectivity index (χ3n) is 3.53. The summed E-state index contributed by atoms with van der Waals surface area (Å²) in [5, 5.41) is 5.10. The number of nitrogens with two attached hydrogens (primary N) is 1. The molecule has 1 aliphatic carbocycles. The van der Waals surface area contributed by atoms with Gasteiger partial charge in [0.1, 0.15) is 0 Å². The van der Waals surface area contributed by atoms with Gasteiger partial charge in [-0.1, -0.05) is 41.2 Å². The lowest BCUT2D eigenvalue weighted by Gasteiger charge is -2.17. The first-order valence-corrected chi connectivity index (χ1v) is 6.93. The van der Waals surface area contributed by atoms with Gasteiger partial charge >= 0.3 is 0 Å². The van der Waals surface area contributed by atoms with Gasteiger partial charge in [0, 0.05) is 5.02 Å². The largest absolute Gasteiger partial charge is 0.334 e. The summed E-state index contributed by atoms with van der Waals surface area (Å²) < 4.78 is 5.28. The Hall–Kier alpha value is -1.10. The van der Waals surface area contributed by atoms with E-state index in [2.05, 4.69) is 10.1 Å². The molecule has 1 aromatic heterocycles. The summed E-state index contributed by atoms with van der Waals surface area (Å²) in [7, 11) is 0. The van der Waals surface area contributed by atoms with Crippen LogP contribution in [0.3, 0.4) is 0 Å². The highest BCUT2D eigenvalue weighted by Crippen LogP contribution is 2.36. The van der Waals surface area contributed by atoms with Gasteiger partial charge in [-0.3, -0.25) is 0 Å². The van der Waals surface area contributed by atoms with E-state index in [1.165, 1.54) is 0 Å². The Balaban J connectivity index is 1.99. The van der Waals surface area contributed by atoms with Gasteiger partial charge in [0.15, 0.2) is 5.82 Å². The van der Waals surface area contributed by atoms with E-state index in [0.717, 1.165) is 25.7 Å². The zero-order valence-electron chi connectivity index (χ0n) is 10.2. The predicted octanol–water partition coefficient (Wildman–Crippen LogP) is 3.77. The average molecular weight is 298 g/mol. The second kappa shape index (κ2) is 4.78. The van der Waals surface area contributed by atoms with Crippen LogP contribution in [0, 0.1) is 0 Å². The van der Waals surface area contributed by atoms with Crippen LogP contribution >= 0.6 is 23.2 Å². The monoisotopic (exact) mass is 297 g/mol. The van der Waals surface area contributed by atoms with Crippen molar-refractivity contribution >= 4 is 23.2 Å². The fourth-order valence-corrected chi connectivity index (χ4v) is 2.80. The molecule has 0 aliphatic heterocycles. The van der Waals surface area contributed by atoms with Crippen molar-refractivity contribution in [1.82, 2.24) is 10.1 Å². The zero-order chi connectivity index (χ0) is 13.5. The molecule has 0 radical (unpaired) electrons. The summed E-state index contributed by atoms with van der Waals surface area (Å²) in [6, 6.07) is 5.13. The van der Waals surface area contributed by atoms with E-state index in [1.54, 1.807) is 18.2 Å². The van der Waals surface area contributed by atoms with Gasteiger partial charge in [-0.25, -0.2) is 0 Å². The van der Waals surface area contributed by atoms with Gasteiger partial charge in [-0.2, -0.15) is 4.98 Å². The molecule has 2 aromatic rings. The van der Waals surface area contributed by atoms with Gasteiger partial charge in [-0.15, -0.1) is 0 Å². The van der Waals surface area contributed by atoms with Crippen LogP contribution in [-0.4, -0.2) is 10.1 Å². The van der Waals surface area contributed by atoms with Crippen LogP contribution in [0.25, 0.3) is 11.5 Å². The first kappa shape index (κ1) is 12.9.